The number of carbonyl (C=O) groups excluding carboxylic acids is 2. The topological polar surface area (TPSA) is 106 Å². The first-order valence-corrected chi connectivity index (χ1v) is 11.2. The summed E-state index contributed by atoms with van der Waals surface area (Å²) in [4.78, 5) is 24.6. The molecule has 2 aliphatic rings. The molecule has 2 heterocycles. The molecule has 5 atom stereocenters. The predicted molar refractivity (Wildman–Crippen MR) is 122 cm³/mol. The van der Waals surface area contributed by atoms with E-state index < -0.39 is 6.10 Å². The van der Waals surface area contributed by atoms with Crippen molar-refractivity contribution in [2.24, 2.45) is 0 Å². The fourth-order valence-electron chi connectivity index (χ4n) is 4.63. The van der Waals surface area contributed by atoms with Gasteiger partial charge >= 0.3 is 0 Å². The van der Waals surface area contributed by atoms with Crippen molar-refractivity contribution in [3.63, 3.8) is 0 Å². The van der Waals surface area contributed by atoms with Gasteiger partial charge in [-0.2, -0.15) is 0 Å². The Hall–Kier alpha value is -2.94. The molecule has 2 aromatic carbocycles. The number of amides is 2. The molecule has 0 radical (unpaired) electrons. The van der Waals surface area contributed by atoms with Crippen molar-refractivity contribution in [2.75, 3.05) is 25.6 Å². The molecule has 8 nitrogen and oxygen atoms in total. The Labute approximate surface area is 193 Å². The number of hydrogen-bond acceptors (Lipinski definition) is 6. The monoisotopic (exact) mass is 454 g/mol. The van der Waals surface area contributed by atoms with Crippen molar-refractivity contribution in [3.05, 3.63) is 59.7 Å². The third-order valence-electron chi connectivity index (χ3n) is 6.15. The number of fused-ring (bicyclic) bond motifs is 3. The normalized spacial score (nSPS) is 24.2. The Kier molecular flexibility index (Phi) is 7.27. The van der Waals surface area contributed by atoms with Gasteiger partial charge in [-0.05, 0) is 37.1 Å². The summed E-state index contributed by atoms with van der Waals surface area (Å²) in [5.41, 5.74) is 2.63. The minimum absolute atomic E-state index is 0.0291. The summed E-state index contributed by atoms with van der Waals surface area (Å²) in [6.07, 6.45) is -0.454. The highest BCUT2D eigenvalue weighted by Gasteiger charge is 2.46. The van der Waals surface area contributed by atoms with Crippen LogP contribution in [0.5, 0.6) is 5.75 Å². The molecule has 8 heteroatoms. The standard InChI is InChI=1S/C25H30N2O6/c1-15(16-6-4-3-5-7-16)26-23(29)12-18-11-20-19-10-17(27-24(30)14-31-2)8-9-21(19)33-25(20)22(13-28)32-18/h3-10,15,18,20,22,25,28H,11-14H2,1-2H3,(H,26,29)(H,27,30)/t15-,18+,20-,22+,25+/m1/s1. The second-order valence-electron chi connectivity index (χ2n) is 8.54. The van der Waals surface area contributed by atoms with Crippen LogP contribution >= 0.6 is 0 Å². The maximum atomic E-state index is 12.7. The van der Waals surface area contributed by atoms with Gasteiger partial charge in [0.1, 0.15) is 24.6 Å². The van der Waals surface area contributed by atoms with Crippen molar-refractivity contribution < 1.29 is 28.9 Å². The van der Waals surface area contributed by atoms with Gasteiger partial charge in [-0.25, -0.2) is 0 Å². The average Bonchev–Trinajstić information content (AvgIpc) is 3.17. The number of benzene rings is 2. The highest BCUT2D eigenvalue weighted by Crippen LogP contribution is 2.47. The zero-order valence-electron chi connectivity index (χ0n) is 18.8. The van der Waals surface area contributed by atoms with Crippen LogP contribution < -0.4 is 15.4 Å². The van der Waals surface area contributed by atoms with E-state index in [1.54, 1.807) is 6.07 Å². The molecule has 1 saturated heterocycles. The number of methoxy groups -OCH3 is 1. The van der Waals surface area contributed by atoms with Crippen molar-refractivity contribution >= 4 is 17.5 Å². The van der Waals surface area contributed by atoms with E-state index in [9.17, 15) is 14.7 Å². The van der Waals surface area contributed by atoms with E-state index in [-0.39, 0.29) is 55.6 Å². The van der Waals surface area contributed by atoms with Crippen LogP contribution in [0.2, 0.25) is 0 Å². The molecule has 33 heavy (non-hydrogen) atoms. The number of hydrogen-bond donors (Lipinski definition) is 3. The Morgan fingerprint density at radius 3 is 2.70 bits per heavy atom. The van der Waals surface area contributed by atoms with E-state index in [0.717, 1.165) is 11.1 Å². The van der Waals surface area contributed by atoms with E-state index in [1.165, 1.54) is 7.11 Å². The number of anilines is 1. The highest BCUT2D eigenvalue weighted by molar-refractivity contribution is 5.92. The summed E-state index contributed by atoms with van der Waals surface area (Å²) >= 11 is 0. The molecule has 0 bridgehead atoms. The van der Waals surface area contributed by atoms with Crippen LogP contribution in [0.3, 0.4) is 0 Å². The van der Waals surface area contributed by atoms with Gasteiger partial charge in [0.05, 0.1) is 25.2 Å². The van der Waals surface area contributed by atoms with Crippen molar-refractivity contribution in [1.82, 2.24) is 5.32 Å². The lowest BCUT2D eigenvalue weighted by Gasteiger charge is -2.37. The summed E-state index contributed by atoms with van der Waals surface area (Å²) in [6, 6.07) is 15.1. The quantitative estimate of drug-likeness (QED) is 0.566. The second kappa shape index (κ2) is 10.3. The van der Waals surface area contributed by atoms with E-state index in [0.29, 0.717) is 17.9 Å². The first-order chi connectivity index (χ1) is 16.0. The molecule has 0 aromatic heterocycles. The summed E-state index contributed by atoms with van der Waals surface area (Å²) in [5.74, 6) is 0.315. The molecule has 2 aliphatic heterocycles. The van der Waals surface area contributed by atoms with Crippen LogP contribution in [-0.2, 0) is 19.1 Å². The number of rotatable bonds is 8. The maximum Gasteiger partial charge on any atom is 0.250 e. The first kappa shape index (κ1) is 23.2. The predicted octanol–water partition coefficient (Wildman–Crippen LogP) is 2.53. The maximum absolute atomic E-state index is 12.7. The third kappa shape index (κ3) is 5.35. The average molecular weight is 455 g/mol. The highest BCUT2D eigenvalue weighted by atomic mass is 16.6. The van der Waals surface area contributed by atoms with Crippen molar-refractivity contribution in [3.8, 4) is 5.75 Å². The summed E-state index contributed by atoms with van der Waals surface area (Å²) in [6.45, 7) is 1.71. The van der Waals surface area contributed by atoms with Crippen LogP contribution in [0.1, 0.15) is 42.9 Å². The summed E-state index contributed by atoms with van der Waals surface area (Å²) in [7, 11) is 1.47. The van der Waals surface area contributed by atoms with Crippen molar-refractivity contribution in [2.45, 2.75) is 50.0 Å². The van der Waals surface area contributed by atoms with Gasteiger partial charge in [0, 0.05) is 24.3 Å². The van der Waals surface area contributed by atoms with Gasteiger partial charge in [0.25, 0.3) is 0 Å². The number of carbonyl (C=O) groups is 2. The third-order valence-corrected chi connectivity index (χ3v) is 6.15. The molecule has 0 spiro atoms. The van der Waals surface area contributed by atoms with Gasteiger partial charge in [0.2, 0.25) is 11.8 Å². The van der Waals surface area contributed by atoms with Gasteiger partial charge in [0.15, 0.2) is 0 Å². The Morgan fingerprint density at radius 2 is 1.97 bits per heavy atom. The fraction of sp³-hybridized carbons (Fsp3) is 0.440. The van der Waals surface area contributed by atoms with Crippen LogP contribution in [0.25, 0.3) is 0 Å². The van der Waals surface area contributed by atoms with Crippen LogP contribution in [0, 0.1) is 0 Å². The Morgan fingerprint density at radius 1 is 1.18 bits per heavy atom. The molecule has 3 N–H and O–H groups in total. The largest absolute Gasteiger partial charge is 0.487 e. The SMILES string of the molecule is COCC(=O)Nc1ccc2c(c1)[C@H]1C[C@@H](CC(=O)N[C@H](C)c3ccccc3)O[C@@H](CO)[C@H]1O2. The molecule has 0 saturated carbocycles. The van der Waals surface area contributed by atoms with E-state index in [4.69, 9.17) is 14.2 Å². The smallest absolute Gasteiger partial charge is 0.250 e. The summed E-state index contributed by atoms with van der Waals surface area (Å²) < 4.78 is 17.0. The second-order valence-corrected chi connectivity index (χ2v) is 8.54. The fourth-order valence-corrected chi connectivity index (χ4v) is 4.63. The lowest BCUT2D eigenvalue weighted by atomic mass is 9.84. The Bertz CT molecular complexity index is 982. The Balaban J connectivity index is 1.44. The van der Waals surface area contributed by atoms with Crippen LogP contribution in [0.15, 0.2) is 48.5 Å². The number of nitrogens with one attached hydrogen (secondary N) is 2. The minimum Gasteiger partial charge on any atom is -0.487 e. The molecule has 1 fully saturated rings. The zero-order chi connectivity index (χ0) is 23.4. The van der Waals surface area contributed by atoms with E-state index >= 15 is 0 Å². The molecule has 2 amide bonds. The number of aliphatic hydroxyl groups excluding tert-OH is 1. The lowest BCUT2D eigenvalue weighted by Crippen LogP contribution is -2.47. The van der Waals surface area contributed by atoms with Crippen LogP contribution in [-0.4, -0.2) is 55.6 Å². The van der Waals surface area contributed by atoms with E-state index in [2.05, 4.69) is 10.6 Å². The van der Waals surface area contributed by atoms with Gasteiger partial charge in [-0.3, -0.25) is 9.59 Å². The number of ether oxygens (including phenoxy) is 3. The molecule has 176 valence electrons. The molecule has 2 aromatic rings. The lowest BCUT2D eigenvalue weighted by molar-refractivity contribution is -0.142. The molecule has 4 rings (SSSR count). The van der Waals surface area contributed by atoms with Gasteiger partial charge in [-0.1, -0.05) is 30.3 Å². The molecule has 0 unspecified atom stereocenters. The number of aliphatic hydroxyl groups is 1. The molecular weight excluding hydrogens is 424 g/mol. The van der Waals surface area contributed by atoms with Gasteiger partial charge in [-0.15, -0.1) is 0 Å². The van der Waals surface area contributed by atoms with Crippen molar-refractivity contribution in [1.29, 1.82) is 0 Å². The van der Waals surface area contributed by atoms with Crippen LogP contribution in [0.4, 0.5) is 5.69 Å². The molecular formula is C25H30N2O6. The zero-order valence-corrected chi connectivity index (χ0v) is 18.8. The van der Waals surface area contributed by atoms with E-state index in [1.807, 2.05) is 49.4 Å². The molecule has 0 aliphatic carbocycles. The van der Waals surface area contributed by atoms with Gasteiger partial charge < -0.3 is 30.0 Å². The minimum atomic E-state index is -0.535. The summed E-state index contributed by atoms with van der Waals surface area (Å²) in [5, 5.41) is 15.8. The first-order valence-electron chi connectivity index (χ1n) is 11.2.